The van der Waals surface area contributed by atoms with Gasteiger partial charge < -0.3 is 20.1 Å². The van der Waals surface area contributed by atoms with Gasteiger partial charge in [0.1, 0.15) is 11.4 Å². The van der Waals surface area contributed by atoms with Crippen molar-refractivity contribution in [3.05, 3.63) is 17.2 Å². The van der Waals surface area contributed by atoms with Crippen LogP contribution in [-0.4, -0.2) is 27.4 Å². The highest BCUT2D eigenvalue weighted by atomic mass is 16.5. The molecule has 5 nitrogen and oxygen atoms in total. The highest BCUT2D eigenvalue weighted by Crippen LogP contribution is 2.43. The minimum absolute atomic E-state index is 0.140. The van der Waals surface area contributed by atoms with E-state index in [1.165, 1.54) is 18.9 Å². The Balaban J connectivity index is 1.74. The molecule has 0 amide bonds. The number of hydrogen-bond donors (Lipinski definition) is 3. The van der Waals surface area contributed by atoms with Crippen molar-refractivity contribution in [2.75, 3.05) is 0 Å². The lowest BCUT2D eigenvalue weighted by Crippen LogP contribution is -2.12. The van der Waals surface area contributed by atoms with E-state index in [1.54, 1.807) is 0 Å². The number of benzene rings is 1. The molecule has 5 heteroatoms. The number of aryl methyl sites for hydroxylation is 1. The van der Waals surface area contributed by atoms with Crippen LogP contribution in [0.5, 0.6) is 17.2 Å². The van der Waals surface area contributed by atoms with Crippen LogP contribution in [0.3, 0.4) is 0 Å². The van der Waals surface area contributed by atoms with Gasteiger partial charge in [-0.15, -0.1) is 0 Å². The van der Waals surface area contributed by atoms with Gasteiger partial charge in [0.05, 0.1) is 0 Å². The number of carbonyl (C=O) groups is 1. The third kappa shape index (κ3) is 8.62. The smallest absolute Gasteiger partial charge is 0.293 e. The molecule has 2 rings (SSSR count). The molecule has 0 spiro atoms. The minimum atomic E-state index is -0.180. The van der Waals surface area contributed by atoms with E-state index < -0.39 is 0 Å². The number of unbranched alkanes of at least 4 members (excludes halogenated alkanes) is 6. The van der Waals surface area contributed by atoms with Crippen LogP contribution in [0.1, 0.15) is 109 Å². The SMILES string of the molecule is CC(C)(C)CCCCCCc1c(O)c(O)cc(CCCCCCC2(OC=O)CC2)c1O. The van der Waals surface area contributed by atoms with E-state index in [0.717, 1.165) is 64.2 Å². The van der Waals surface area contributed by atoms with E-state index in [1.807, 2.05) is 0 Å². The van der Waals surface area contributed by atoms with E-state index in [9.17, 15) is 20.1 Å². The van der Waals surface area contributed by atoms with Gasteiger partial charge in [0.15, 0.2) is 11.5 Å². The fraction of sp³-hybridized carbons (Fsp3) is 0.731. The van der Waals surface area contributed by atoms with Gasteiger partial charge in [-0.25, -0.2) is 0 Å². The topological polar surface area (TPSA) is 87.0 Å². The number of carbonyl (C=O) groups excluding carboxylic acids is 1. The van der Waals surface area contributed by atoms with Crippen molar-refractivity contribution in [2.45, 2.75) is 116 Å². The Hall–Kier alpha value is -1.91. The Labute approximate surface area is 187 Å². The van der Waals surface area contributed by atoms with Crippen molar-refractivity contribution in [2.24, 2.45) is 5.41 Å². The molecule has 0 saturated heterocycles. The van der Waals surface area contributed by atoms with Crippen LogP contribution >= 0.6 is 0 Å². The lowest BCUT2D eigenvalue weighted by molar-refractivity contribution is -0.135. The van der Waals surface area contributed by atoms with E-state index in [-0.39, 0.29) is 22.8 Å². The first-order chi connectivity index (χ1) is 14.7. The molecule has 1 aliphatic rings. The molecule has 1 aromatic rings. The molecular weight excluding hydrogens is 392 g/mol. The summed E-state index contributed by atoms with van der Waals surface area (Å²) < 4.78 is 5.17. The fourth-order valence-electron chi connectivity index (χ4n) is 4.28. The van der Waals surface area contributed by atoms with Crippen LogP contribution in [0.2, 0.25) is 0 Å². The van der Waals surface area contributed by atoms with Crippen LogP contribution in [0.4, 0.5) is 0 Å². The monoisotopic (exact) mass is 434 g/mol. The van der Waals surface area contributed by atoms with Gasteiger partial charge in [0, 0.05) is 5.56 Å². The number of phenols is 3. The molecule has 0 heterocycles. The van der Waals surface area contributed by atoms with Crippen LogP contribution < -0.4 is 0 Å². The summed E-state index contributed by atoms with van der Waals surface area (Å²) in [5, 5.41) is 31.0. The minimum Gasteiger partial charge on any atom is -0.507 e. The molecule has 0 aliphatic heterocycles. The maximum Gasteiger partial charge on any atom is 0.293 e. The zero-order chi connectivity index (χ0) is 22.9. The van der Waals surface area contributed by atoms with E-state index in [0.29, 0.717) is 35.9 Å². The highest BCUT2D eigenvalue weighted by molar-refractivity contribution is 5.56. The molecule has 0 aromatic heterocycles. The van der Waals surface area contributed by atoms with E-state index >= 15 is 0 Å². The molecule has 1 saturated carbocycles. The predicted molar refractivity (Wildman–Crippen MR) is 124 cm³/mol. The fourth-order valence-corrected chi connectivity index (χ4v) is 4.28. The van der Waals surface area contributed by atoms with E-state index in [2.05, 4.69) is 20.8 Å². The van der Waals surface area contributed by atoms with Crippen molar-refractivity contribution in [3.8, 4) is 17.2 Å². The Morgan fingerprint density at radius 2 is 1.52 bits per heavy atom. The molecule has 1 aliphatic carbocycles. The number of hydrogen-bond acceptors (Lipinski definition) is 5. The Kier molecular flexibility index (Phi) is 9.52. The van der Waals surface area contributed by atoms with E-state index in [4.69, 9.17) is 4.74 Å². The normalized spacial score (nSPS) is 15.1. The summed E-state index contributed by atoms with van der Waals surface area (Å²) in [4.78, 5) is 10.5. The molecule has 0 atom stereocenters. The van der Waals surface area contributed by atoms with Crippen LogP contribution in [0.25, 0.3) is 0 Å². The maximum atomic E-state index is 10.7. The first-order valence-electron chi connectivity index (χ1n) is 12.0. The summed E-state index contributed by atoms with van der Waals surface area (Å²) in [6.07, 6.45) is 13.6. The molecule has 1 fully saturated rings. The molecule has 1 aromatic carbocycles. The number of phenolic OH excluding ortho intramolecular Hbond substituents is 3. The summed E-state index contributed by atoms with van der Waals surface area (Å²) in [6.45, 7) is 7.33. The number of ether oxygens (including phenoxy) is 1. The quantitative estimate of drug-likeness (QED) is 0.126. The highest BCUT2D eigenvalue weighted by Gasteiger charge is 2.44. The van der Waals surface area contributed by atoms with Gasteiger partial charge in [-0.1, -0.05) is 52.9 Å². The third-order valence-electron chi connectivity index (χ3n) is 6.47. The average Bonchev–Trinajstić information content (AvgIpc) is 3.46. The molecule has 0 unspecified atom stereocenters. The molecule has 3 N–H and O–H groups in total. The van der Waals surface area contributed by atoms with Gasteiger partial charge >= 0.3 is 0 Å². The second-order valence-electron chi connectivity index (χ2n) is 10.5. The Morgan fingerprint density at radius 1 is 0.903 bits per heavy atom. The largest absolute Gasteiger partial charge is 0.507 e. The summed E-state index contributed by atoms with van der Waals surface area (Å²) >= 11 is 0. The Morgan fingerprint density at radius 3 is 2.13 bits per heavy atom. The van der Waals surface area contributed by atoms with Gasteiger partial charge in [-0.05, 0) is 74.8 Å². The van der Waals surface area contributed by atoms with Crippen molar-refractivity contribution in [1.29, 1.82) is 0 Å². The maximum absolute atomic E-state index is 10.7. The van der Waals surface area contributed by atoms with Crippen LogP contribution in [0.15, 0.2) is 6.07 Å². The number of rotatable bonds is 15. The summed E-state index contributed by atoms with van der Waals surface area (Å²) in [5.74, 6) is -0.181. The van der Waals surface area contributed by atoms with Gasteiger partial charge in [0.25, 0.3) is 6.47 Å². The second-order valence-corrected chi connectivity index (χ2v) is 10.5. The summed E-state index contributed by atoms with van der Waals surface area (Å²) in [5.41, 5.74) is 1.37. The number of aromatic hydroxyl groups is 3. The molecule has 176 valence electrons. The summed E-state index contributed by atoms with van der Waals surface area (Å²) in [7, 11) is 0. The van der Waals surface area contributed by atoms with Crippen molar-refractivity contribution in [1.82, 2.24) is 0 Å². The lowest BCUT2D eigenvalue weighted by Gasteiger charge is -2.17. The summed E-state index contributed by atoms with van der Waals surface area (Å²) in [6, 6.07) is 1.49. The van der Waals surface area contributed by atoms with Gasteiger partial charge in [-0.3, -0.25) is 4.79 Å². The van der Waals surface area contributed by atoms with Gasteiger partial charge in [-0.2, -0.15) is 0 Å². The molecule has 0 radical (unpaired) electrons. The molecule has 31 heavy (non-hydrogen) atoms. The zero-order valence-electron chi connectivity index (χ0n) is 19.7. The van der Waals surface area contributed by atoms with Gasteiger partial charge in [0.2, 0.25) is 0 Å². The first kappa shape index (κ1) is 25.4. The second kappa shape index (κ2) is 11.6. The van der Waals surface area contributed by atoms with Crippen molar-refractivity contribution >= 4 is 6.47 Å². The third-order valence-corrected chi connectivity index (χ3v) is 6.47. The molecular formula is C26H42O5. The first-order valence-corrected chi connectivity index (χ1v) is 12.0. The van der Waals surface area contributed by atoms with Crippen LogP contribution in [0, 0.1) is 5.41 Å². The zero-order valence-corrected chi connectivity index (χ0v) is 19.7. The van der Waals surface area contributed by atoms with Crippen LogP contribution in [-0.2, 0) is 22.4 Å². The molecule has 0 bridgehead atoms. The van der Waals surface area contributed by atoms with Crippen molar-refractivity contribution in [3.63, 3.8) is 0 Å². The standard InChI is InChI=1S/C26H42O5/c1-25(2,3)14-10-6-5-9-13-21-23(29)20(18-22(28)24(21)30)12-8-4-7-11-15-26(16-17-26)31-19-27/h18-19,28-30H,4-17H2,1-3H3. The Bertz CT molecular complexity index is 701. The average molecular weight is 435 g/mol. The predicted octanol–water partition coefficient (Wildman–Crippen LogP) is 6.54. The van der Waals surface area contributed by atoms with Crippen molar-refractivity contribution < 1.29 is 24.9 Å². The lowest BCUT2D eigenvalue weighted by atomic mass is 9.89.